The highest BCUT2D eigenvalue weighted by Gasteiger charge is 2.22. The Morgan fingerprint density at radius 2 is 2.25 bits per heavy atom. The van der Waals surface area contributed by atoms with Crippen LogP contribution in [0.15, 0.2) is 12.3 Å². The van der Waals surface area contributed by atoms with Gasteiger partial charge in [-0.1, -0.05) is 0 Å². The van der Waals surface area contributed by atoms with Gasteiger partial charge in [-0.05, 0) is 19.4 Å². The normalized spacial score (nSPS) is 20.5. The lowest BCUT2D eigenvalue weighted by Gasteiger charge is -2.24. The molecule has 1 fully saturated rings. The second kappa shape index (κ2) is 5.16. The smallest absolute Gasteiger partial charge is 0.182 e. The molecular weight excluding hydrogens is 204 g/mol. The summed E-state index contributed by atoms with van der Waals surface area (Å²) in [4.78, 5) is 4.44. The van der Waals surface area contributed by atoms with Crippen LogP contribution in [0.25, 0.3) is 0 Å². The number of methoxy groups -OCH3 is 2. The van der Waals surface area contributed by atoms with Crippen LogP contribution in [0.3, 0.4) is 0 Å². The first-order valence-electron chi connectivity index (χ1n) is 5.64. The molecule has 0 amide bonds. The van der Waals surface area contributed by atoms with E-state index in [-0.39, 0.29) is 0 Å². The molecule has 0 aromatic carbocycles. The Labute approximate surface area is 96.0 Å². The van der Waals surface area contributed by atoms with E-state index in [1.807, 2.05) is 6.07 Å². The van der Waals surface area contributed by atoms with Gasteiger partial charge in [-0.15, -0.1) is 0 Å². The van der Waals surface area contributed by atoms with Crippen LogP contribution in [0.2, 0.25) is 0 Å². The molecule has 4 nitrogen and oxygen atoms in total. The van der Waals surface area contributed by atoms with Crippen LogP contribution < -0.4 is 14.8 Å². The Kier molecular flexibility index (Phi) is 3.62. The van der Waals surface area contributed by atoms with Gasteiger partial charge in [-0.25, -0.2) is 0 Å². The van der Waals surface area contributed by atoms with E-state index >= 15 is 0 Å². The van der Waals surface area contributed by atoms with Crippen molar-refractivity contribution in [2.75, 3.05) is 27.3 Å². The molecule has 4 heteroatoms. The lowest BCUT2D eigenvalue weighted by molar-refractivity contribution is 0.341. The molecule has 1 atom stereocenters. The van der Waals surface area contributed by atoms with E-state index in [0.717, 1.165) is 36.7 Å². The number of hydrogen-bond donors (Lipinski definition) is 1. The second-order valence-corrected chi connectivity index (χ2v) is 3.97. The van der Waals surface area contributed by atoms with E-state index in [0.29, 0.717) is 5.92 Å². The maximum atomic E-state index is 5.41. The third kappa shape index (κ3) is 2.11. The van der Waals surface area contributed by atoms with E-state index in [1.54, 1.807) is 20.4 Å². The first kappa shape index (κ1) is 11.2. The molecule has 1 aliphatic heterocycles. The Morgan fingerprint density at radius 1 is 1.38 bits per heavy atom. The third-order valence-electron chi connectivity index (χ3n) is 3.00. The zero-order chi connectivity index (χ0) is 11.4. The van der Waals surface area contributed by atoms with Crippen molar-refractivity contribution >= 4 is 0 Å². The molecule has 1 aromatic rings. The fourth-order valence-electron chi connectivity index (χ4n) is 2.19. The largest absolute Gasteiger partial charge is 0.493 e. The van der Waals surface area contributed by atoms with Crippen LogP contribution in [0.1, 0.15) is 24.5 Å². The molecule has 1 unspecified atom stereocenters. The molecule has 1 aliphatic rings. The first-order chi connectivity index (χ1) is 7.86. The second-order valence-electron chi connectivity index (χ2n) is 3.97. The zero-order valence-corrected chi connectivity index (χ0v) is 9.82. The van der Waals surface area contributed by atoms with Gasteiger partial charge in [0.05, 0.1) is 19.9 Å². The van der Waals surface area contributed by atoms with Gasteiger partial charge >= 0.3 is 0 Å². The highest BCUT2D eigenvalue weighted by Crippen LogP contribution is 2.35. The molecule has 0 saturated carbocycles. The van der Waals surface area contributed by atoms with E-state index in [2.05, 4.69) is 10.3 Å². The maximum absolute atomic E-state index is 5.41. The molecule has 0 radical (unpaired) electrons. The highest BCUT2D eigenvalue weighted by molar-refractivity contribution is 5.44. The predicted octanol–water partition coefficient (Wildman–Crippen LogP) is 1.57. The van der Waals surface area contributed by atoms with Crippen LogP contribution in [-0.2, 0) is 0 Å². The van der Waals surface area contributed by atoms with Crippen molar-refractivity contribution in [3.63, 3.8) is 0 Å². The van der Waals surface area contributed by atoms with E-state index < -0.39 is 0 Å². The molecule has 1 saturated heterocycles. The van der Waals surface area contributed by atoms with Crippen LogP contribution in [0, 0.1) is 0 Å². The molecule has 16 heavy (non-hydrogen) atoms. The molecule has 1 N–H and O–H groups in total. The minimum Gasteiger partial charge on any atom is -0.493 e. The molecule has 88 valence electrons. The summed E-state index contributed by atoms with van der Waals surface area (Å²) < 4.78 is 10.7. The standard InChI is InChI=1S/C12H18N2O2/c1-15-10-5-7-14-11(12(10)16-2)9-4-3-6-13-8-9/h5,7,9,13H,3-4,6,8H2,1-2H3. The van der Waals surface area contributed by atoms with Crippen molar-refractivity contribution < 1.29 is 9.47 Å². The minimum atomic E-state index is 0.429. The van der Waals surface area contributed by atoms with Gasteiger partial charge in [0, 0.05) is 24.7 Å². The average molecular weight is 222 g/mol. The quantitative estimate of drug-likeness (QED) is 0.843. The van der Waals surface area contributed by atoms with Gasteiger partial charge in [-0.2, -0.15) is 0 Å². The fourth-order valence-corrected chi connectivity index (χ4v) is 2.19. The third-order valence-corrected chi connectivity index (χ3v) is 3.00. The predicted molar refractivity (Wildman–Crippen MR) is 62.2 cm³/mol. The molecule has 0 bridgehead atoms. The van der Waals surface area contributed by atoms with Crippen molar-refractivity contribution in [1.29, 1.82) is 0 Å². The summed E-state index contributed by atoms with van der Waals surface area (Å²) in [6.07, 6.45) is 4.13. The molecule has 1 aromatic heterocycles. The van der Waals surface area contributed by atoms with Gasteiger partial charge in [0.1, 0.15) is 0 Å². The molecule has 0 spiro atoms. The van der Waals surface area contributed by atoms with Crippen LogP contribution in [-0.4, -0.2) is 32.3 Å². The van der Waals surface area contributed by atoms with Crippen molar-refractivity contribution in [3.05, 3.63) is 18.0 Å². The van der Waals surface area contributed by atoms with Gasteiger partial charge in [-0.3, -0.25) is 4.98 Å². The van der Waals surface area contributed by atoms with Gasteiger partial charge in [0.2, 0.25) is 0 Å². The molecule has 2 rings (SSSR count). The van der Waals surface area contributed by atoms with Crippen molar-refractivity contribution in [2.24, 2.45) is 0 Å². The number of rotatable bonds is 3. The summed E-state index contributed by atoms with van der Waals surface area (Å²) in [6.45, 7) is 2.07. The number of nitrogens with zero attached hydrogens (tertiary/aromatic N) is 1. The summed E-state index contributed by atoms with van der Waals surface area (Å²) in [5.41, 5.74) is 1.01. The summed E-state index contributed by atoms with van der Waals surface area (Å²) in [6, 6.07) is 1.83. The number of nitrogens with one attached hydrogen (secondary N) is 1. The zero-order valence-electron chi connectivity index (χ0n) is 9.82. The Hall–Kier alpha value is -1.29. The lowest BCUT2D eigenvalue weighted by atomic mass is 9.95. The van der Waals surface area contributed by atoms with Crippen LogP contribution in [0.5, 0.6) is 11.5 Å². The average Bonchev–Trinajstić information content (AvgIpc) is 2.38. The number of piperidine rings is 1. The summed E-state index contributed by atoms with van der Waals surface area (Å²) in [5, 5.41) is 3.39. The number of aromatic nitrogens is 1. The van der Waals surface area contributed by atoms with Crippen molar-refractivity contribution in [2.45, 2.75) is 18.8 Å². The van der Waals surface area contributed by atoms with Crippen molar-refractivity contribution in [3.8, 4) is 11.5 Å². The highest BCUT2D eigenvalue weighted by atomic mass is 16.5. The Balaban J connectivity index is 2.30. The fraction of sp³-hybridized carbons (Fsp3) is 0.583. The number of hydrogen-bond acceptors (Lipinski definition) is 4. The van der Waals surface area contributed by atoms with E-state index in [9.17, 15) is 0 Å². The number of pyridine rings is 1. The lowest BCUT2D eigenvalue weighted by Crippen LogP contribution is -2.29. The minimum absolute atomic E-state index is 0.429. The molecule has 0 aliphatic carbocycles. The summed E-state index contributed by atoms with van der Waals surface area (Å²) >= 11 is 0. The number of ether oxygens (including phenoxy) is 2. The first-order valence-corrected chi connectivity index (χ1v) is 5.64. The Morgan fingerprint density at radius 3 is 2.88 bits per heavy atom. The van der Waals surface area contributed by atoms with Crippen LogP contribution in [0.4, 0.5) is 0 Å². The maximum Gasteiger partial charge on any atom is 0.182 e. The Bertz CT molecular complexity index is 349. The van der Waals surface area contributed by atoms with Crippen molar-refractivity contribution in [1.82, 2.24) is 10.3 Å². The van der Waals surface area contributed by atoms with Gasteiger partial charge < -0.3 is 14.8 Å². The summed E-state index contributed by atoms with van der Waals surface area (Å²) in [7, 11) is 3.32. The summed E-state index contributed by atoms with van der Waals surface area (Å²) in [5.74, 6) is 1.97. The van der Waals surface area contributed by atoms with Gasteiger partial charge in [0.15, 0.2) is 11.5 Å². The van der Waals surface area contributed by atoms with E-state index in [1.165, 1.54) is 6.42 Å². The van der Waals surface area contributed by atoms with Gasteiger partial charge in [0.25, 0.3) is 0 Å². The SMILES string of the molecule is COc1ccnc(C2CCCNC2)c1OC. The topological polar surface area (TPSA) is 43.4 Å². The van der Waals surface area contributed by atoms with Crippen LogP contribution >= 0.6 is 0 Å². The molecule has 2 heterocycles. The molecular formula is C12H18N2O2. The van der Waals surface area contributed by atoms with E-state index in [4.69, 9.17) is 9.47 Å². The monoisotopic (exact) mass is 222 g/mol.